The maximum atomic E-state index is 15.5. The number of alkyl halides is 1. The van der Waals surface area contributed by atoms with Crippen molar-refractivity contribution in [3.05, 3.63) is 40.6 Å². The predicted octanol–water partition coefficient (Wildman–Crippen LogP) is 2.55. The molecule has 0 aliphatic carbocycles. The molecule has 0 unspecified atom stereocenters. The smallest absolute Gasteiger partial charge is 0.168 e. The van der Waals surface area contributed by atoms with Crippen molar-refractivity contribution in [1.82, 2.24) is 15.9 Å². The molecule has 2 N–H and O–H groups in total. The number of rotatable bonds is 2. The summed E-state index contributed by atoms with van der Waals surface area (Å²) in [5.41, 5.74) is 6.45. The first-order valence-electron chi connectivity index (χ1n) is 7.35. The third-order valence-corrected chi connectivity index (χ3v) is 5.34. The standard InChI is InChI=1S/C15H18BrFN4/c16-12-1-3-13(4-2-12)21-9-14(18-19-21)15(17)10-20-7-5-11(15)6-8-20/h1-4,9,11,18-19H,5-8,10H2/t15-/m1/s1. The van der Waals surface area contributed by atoms with Gasteiger partial charge in [0, 0.05) is 23.1 Å². The summed E-state index contributed by atoms with van der Waals surface area (Å²) < 4.78 is 16.5. The van der Waals surface area contributed by atoms with E-state index in [-0.39, 0.29) is 5.92 Å². The minimum Gasteiger partial charge on any atom is -0.303 e. The van der Waals surface area contributed by atoms with E-state index in [9.17, 15) is 0 Å². The first kappa shape index (κ1) is 13.5. The van der Waals surface area contributed by atoms with E-state index in [1.807, 2.05) is 35.5 Å². The zero-order valence-corrected chi connectivity index (χ0v) is 13.2. The molecule has 4 nitrogen and oxygen atoms in total. The fourth-order valence-electron chi connectivity index (χ4n) is 3.57. The van der Waals surface area contributed by atoms with Gasteiger partial charge in [0.2, 0.25) is 0 Å². The fourth-order valence-corrected chi connectivity index (χ4v) is 3.84. The molecule has 0 aromatic heterocycles. The Bertz CT molecular complexity index is 568. The molecule has 1 aromatic carbocycles. The number of fused-ring (bicyclic) bond motifs is 3. The lowest BCUT2D eigenvalue weighted by atomic mass is 9.75. The summed E-state index contributed by atoms with van der Waals surface area (Å²) in [7, 11) is 0. The molecule has 1 aromatic rings. The molecule has 4 heterocycles. The van der Waals surface area contributed by atoms with E-state index in [4.69, 9.17) is 0 Å². The first-order valence-corrected chi connectivity index (χ1v) is 8.14. The van der Waals surface area contributed by atoms with Gasteiger partial charge in [0.1, 0.15) is 0 Å². The Hall–Kier alpha value is -1.11. The van der Waals surface area contributed by atoms with Gasteiger partial charge in [-0.1, -0.05) is 15.9 Å². The summed E-state index contributed by atoms with van der Waals surface area (Å²) in [6.07, 6.45) is 3.76. The lowest BCUT2D eigenvalue weighted by Crippen LogP contribution is -2.59. The van der Waals surface area contributed by atoms with Crippen molar-refractivity contribution in [2.75, 3.05) is 24.6 Å². The van der Waals surface area contributed by atoms with E-state index in [0.717, 1.165) is 36.1 Å². The number of nitrogens with one attached hydrogen (secondary N) is 2. The van der Waals surface area contributed by atoms with Crippen molar-refractivity contribution < 1.29 is 4.39 Å². The van der Waals surface area contributed by atoms with Crippen molar-refractivity contribution in [2.24, 2.45) is 5.92 Å². The van der Waals surface area contributed by atoms with Crippen LogP contribution in [0.4, 0.5) is 10.1 Å². The van der Waals surface area contributed by atoms with Gasteiger partial charge in [-0.2, -0.15) is 0 Å². The number of benzene rings is 1. The van der Waals surface area contributed by atoms with Crippen LogP contribution in [-0.2, 0) is 0 Å². The second kappa shape index (κ2) is 4.97. The zero-order chi connectivity index (χ0) is 14.4. The summed E-state index contributed by atoms with van der Waals surface area (Å²) in [5, 5.41) is 1.83. The zero-order valence-electron chi connectivity index (χ0n) is 11.6. The summed E-state index contributed by atoms with van der Waals surface area (Å²) in [6, 6.07) is 7.92. The van der Waals surface area contributed by atoms with Gasteiger partial charge in [0.05, 0.1) is 11.4 Å². The molecule has 0 spiro atoms. The van der Waals surface area contributed by atoms with Crippen molar-refractivity contribution in [2.45, 2.75) is 18.5 Å². The summed E-state index contributed by atoms with van der Waals surface area (Å²) in [6.45, 7) is 2.58. The van der Waals surface area contributed by atoms with Crippen LogP contribution in [0.25, 0.3) is 0 Å². The number of piperidine rings is 3. The predicted molar refractivity (Wildman–Crippen MR) is 84.0 cm³/mol. The highest BCUT2D eigenvalue weighted by Crippen LogP contribution is 2.43. The Morgan fingerprint density at radius 1 is 1.19 bits per heavy atom. The molecule has 4 aliphatic rings. The Morgan fingerprint density at radius 2 is 1.90 bits per heavy atom. The highest BCUT2D eigenvalue weighted by molar-refractivity contribution is 9.10. The number of hydrogen-bond donors (Lipinski definition) is 2. The molecule has 3 fully saturated rings. The molecule has 4 aliphatic heterocycles. The SMILES string of the molecule is F[C@]1(C2=CN(c3ccc(Br)cc3)NN2)CN2CCC1CC2. The molecular formula is C15H18BrFN4. The van der Waals surface area contributed by atoms with E-state index in [2.05, 4.69) is 31.8 Å². The average molecular weight is 353 g/mol. The van der Waals surface area contributed by atoms with Crippen LogP contribution >= 0.6 is 15.9 Å². The van der Waals surface area contributed by atoms with Gasteiger partial charge in [-0.05, 0) is 50.2 Å². The number of hydrogen-bond acceptors (Lipinski definition) is 4. The first-order chi connectivity index (χ1) is 10.1. The number of halogens is 2. The number of hydrazine groups is 2. The maximum absolute atomic E-state index is 15.5. The van der Waals surface area contributed by atoms with Crippen LogP contribution in [0.1, 0.15) is 12.8 Å². The molecule has 0 radical (unpaired) electrons. The van der Waals surface area contributed by atoms with Crippen LogP contribution in [0.5, 0.6) is 0 Å². The maximum Gasteiger partial charge on any atom is 0.168 e. The fraction of sp³-hybridized carbons (Fsp3) is 0.467. The van der Waals surface area contributed by atoms with Gasteiger partial charge >= 0.3 is 0 Å². The molecule has 5 rings (SSSR count). The van der Waals surface area contributed by atoms with Gasteiger partial charge in [-0.25, -0.2) is 4.39 Å². The van der Waals surface area contributed by atoms with Crippen molar-refractivity contribution in [3.63, 3.8) is 0 Å². The molecule has 0 saturated carbocycles. The largest absolute Gasteiger partial charge is 0.303 e. The molecule has 3 saturated heterocycles. The topological polar surface area (TPSA) is 30.5 Å². The van der Waals surface area contributed by atoms with Crippen LogP contribution in [0, 0.1) is 5.92 Å². The van der Waals surface area contributed by atoms with Crippen LogP contribution in [-0.4, -0.2) is 30.2 Å². The van der Waals surface area contributed by atoms with Crippen LogP contribution in [0.2, 0.25) is 0 Å². The molecule has 0 amide bonds. The van der Waals surface area contributed by atoms with E-state index in [0.29, 0.717) is 12.2 Å². The Labute approximate surface area is 132 Å². The monoisotopic (exact) mass is 352 g/mol. The van der Waals surface area contributed by atoms with Crippen molar-refractivity contribution in [3.8, 4) is 0 Å². The lowest BCUT2D eigenvalue weighted by Gasteiger charge is -2.48. The van der Waals surface area contributed by atoms with Gasteiger partial charge in [0.15, 0.2) is 5.67 Å². The normalized spacial score (nSPS) is 34.8. The van der Waals surface area contributed by atoms with Crippen molar-refractivity contribution >= 4 is 21.6 Å². The quantitative estimate of drug-likeness (QED) is 0.856. The van der Waals surface area contributed by atoms with Crippen molar-refractivity contribution in [1.29, 1.82) is 0 Å². The van der Waals surface area contributed by atoms with Crippen LogP contribution in [0.3, 0.4) is 0 Å². The molecule has 2 bridgehead atoms. The Balaban J connectivity index is 1.59. The molecule has 6 heteroatoms. The third-order valence-electron chi connectivity index (χ3n) is 4.81. The molecule has 112 valence electrons. The minimum absolute atomic E-state index is 0.132. The van der Waals surface area contributed by atoms with E-state index < -0.39 is 5.67 Å². The Morgan fingerprint density at radius 3 is 2.52 bits per heavy atom. The highest BCUT2D eigenvalue weighted by atomic mass is 79.9. The molecule has 1 atom stereocenters. The van der Waals surface area contributed by atoms with E-state index in [1.165, 1.54) is 0 Å². The second-order valence-electron chi connectivity index (χ2n) is 6.04. The molecule has 21 heavy (non-hydrogen) atoms. The van der Waals surface area contributed by atoms with Gasteiger partial charge in [-0.15, -0.1) is 5.53 Å². The highest BCUT2D eigenvalue weighted by Gasteiger charge is 2.51. The van der Waals surface area contributed by atoms with E-state index >= 15 is 4.39 Å². The van der Waals surface area contributed by atoms with Gasteiger partial charge in [-0.3, -0.25) is 9.91 Å². The Kier molecular flexibility index (Phi) is 3.20. The number of anilines is 1. The minimum atomic E-state index is -1.26. The summed E-state index contributed by atoms with van der Waals surface area (Å²) in [4.78, 5) is 2.23. The van der Waals surface area contributed by atoms with Crippen LogP contribution < -0.4 is 16.0 Å². The second-order valence-corrected chi connectivity index (χ2v) is 6.95. The summed E-state index contributed by atoms with van der Waals surface area (Å²) >= 11 is 3.42. The van der Waals surface area contributed by atoms with E-state index in [1.54, 1.807) is 0 Å². The summed E-state index contributed by atoms with van der Waals surface area (Å²) in [5.74, 6) is 0.132. The van der Waals surface area contributed by atoms with Gasteiger partial charge < -0.3 is 5.43 Å². The lowest BCUT2D eigenvalue weighted by molar-refractivity contribution is -0.0336. The van der Waals surface area contributed by atoms with Crippen LogP contribution in [0.15, 0.2) is 40.6 Å². The van der Waals surface area contributed by atoms with Gasteiger partial charge in [0.25, 0.3) is 0 Å². The third kappa shape index (κ3) is 2.25. The number of nitrogens with zero attached hydrogens (tertiary/aromatic N) is 2. The molecular weight excluding hydrogens is 335 g/mol. The average Bonchev–Trinajstić information content (AvgIpc) is 2.99.